The van der Waals surface area contributed by atoms with Crippen LogP contribution in [0.4, 0.5) is 0 Å². The van der Waals surface area contributed by atoms with Gasteiger partial charge in [-0.1, -0.05) is 35.5 Å². The summed E-state index contributed by atoms with van der Waals surface area (Å²) in [7, 11) is 1.84. The first-order valence-corrected chi connectivity index (χ1v) is 11.1. The molecular weight excluding hydrogens is 424 g/mol. The number of tetrazole rings is 1. The second-order valence-corrected chi connectivity index (χ2v) is 7.91. The van der Waals surface area contributed by atoms with Gasteiger partial charge in [-0.15, -0.1) is 5.10 Å². The number of aryl methyl sites for hydroxylation is 1. The highest BCUT2D eigenvalue weighted by Crippen LogP contribution is 2.29. The van der Waals surface area contributed by atoms with E-state index in [9.17, 15) is 0 Å². The van der Waals surface area contributed by atoms with Crippen molar-refractivity contribution in [2.24, 2.45) is 7.05 Å². The third-order valence-electron chi connectivity index (χ3n) is 4.13. The Morgan fingerprint density at radius 1 is 1.13 bits per heavy atom. The molecule has 160 valence electrons. The molecule has 0 radical (unpaired) electrons. The van der Waals surface area contributed by atoms with Crippen molar-refractivity contribution in [2.75, 3.05) is 18.9 Å². The van der Waals surface area contributed by atoms with Gasteiger partial charge in [-0.25, -0.2) is 9.67 Å². The lowest BCUT2D eigenvalue weighted by atomic mass is 10.2. The molecule has 0 amide bonds. The van der Waals surface area contributed by atoms with Crippen molar-refractivity contribution >= 4 is 23.4 Å². The number of hydrogen-bond acceptors (Lipinski definition) is 8. The van der Waals surface area contributed by atoms with Crippen LogP contribution in [0.25, 0.3) is 0 Å². The summed E-state index contributed by atoms with van der Waals surface area (Å²) in [5.41, 5.74) is 2.09. The van der Waals surface area contributed by atoms with Crippen LogP contribution in [0.2, 0.25) is 5.15 Å². The number of nitrogens with one attached hydrogen (secondary N) is 1. The Bertz CT molecular complexity index is 922. The number of benzene rings is 1. The van der Waals surface area contributed by atoms with Crippen molar-refractivity contribution < 1.29 is 9.47 Å². The number of nitrogens with zero attached hydrogens (tertiary/aromatic N) is 5. The van der Waals surface area contributed by atoms with Gasteiger partial charge in [0.25, 0.3) is 0 Å². The molecule has 0 spiro atoms. The number of hydrogen-bond donors (Lipinski definition) is 1. The Labute approximate surface area is 185 Å². The molecule has 10 heteroatoms. The van der Waals surface area contributed by atoms with Gasteiger partial charge in [0.05, 0.1) is 6.61 Å². The minimum atomic E-state index is 0.403. The molecule has 8 nitrogen and oxygen atoms in total. The standard InChI is InChI=1S/C20H25ClN6O2S/c1-3-28-18-11-15(12-22-9-4-10-30-20-24-25-26-27(20)2)5-7-17(18)29-14-16-6-8-19(21)23-13-16/h5-8,11,13,22H,3-4,9-10,12,14H2,1-2H3. The molecule has 0 aliphatic carbocycles. The zero-order chi connectivity index (χ0) is 21.2. The van der Waals surface area contributed by atoms with E-state index in [0.29, 0.717) is 24.1 Å². The van der Waals surface area contributed by atoms with E-state index in [1.165, 1.54) is 0 Å². The fourth-order valence-corrected chi connectivity index (χ4v) is 3.54. The maximum Gasteiger partial charge on any atom is 0.209 e. The van der Waals surface area contributed by atoms with Crippen LogP contribution in [-0.4, -0.2) is 44.1 Å². The summed E-state index contributed by atoms with van der Waals surface area (Å²) >= 11 is 7.48. The van der Waals surface area contributed by atoms with E-state index in [4.69, 9.17) is 21.1 Å². The Kier molecular flexibility index (Phi) is 8.73. The fraction of sp³-hybridized carbons (Fsp3) is 0.400. The largest absolute Gasteiger partial charge is 0.490 e. The van der Waals surface area contributed by atoms with Crippen molar-refractivity contribution in [1.29, 1.82) is 0 Å². The topological polar surface area (TPSA) is 87.0 Å². The summed E-state index contributed by atoms with van der Waals surface area (Å²) in [5.74, 6) is 2.41. The van der Waals surface area contributed by atoms with Gasteiger partial charge in [-0.2, -0.15) is 0 Å². The molecule has 3 aromatic rings. The Morgan fingerprint density at radius 3 is 2.73 bits per heavy atom. The quantitative estimate of drug-likeness (QED) is 0.256. The monoisotopic (exact) mass is 448 g/mol. The minimum absolute atomic E-state index is 0.403. The van der Waals surface area contributed by atoms with Crippen LogP contribution in [0.15, 0.2) is 41.7 Å². The molecule has 1 aromatic carbocycles. The number of rotatable bonds is 12. The van der Waals surface area contributed by atoms with E-state index in [-0.39, 0.29) is 0 Å². The predicted molar refractivity (Wildman–Crippen MR) is 117 cm³/mol. The van der Waals surface area contributed by atoms with Crippen LogP contribution in [-0.2, 0) is 20.2 Å². The van der Waals surface area contributed by atoms with Crippen LogP contribution in [0.5, 0.6) is 11.5 Å². The third-order valence-corrected chi connectivity index (χ3v) is 5.45. The molecule has 0 aliphatic heterocycles. The molecule has 0 atom stereocenters. The van der Waals surface area contributed by atoms with Gasteiger partial charge in [0.1, 0.15) is 11.8 Å². The molecule has 30 heavy (non-hydrogen) atoms. The molecule has 1 N–H and O–H groups in total. The minimum Gasteiger partial charge on any atom is -0.490 e. The summed E-state index contributed by atoms with van der Waals surface area (Å²) < 4.78 is 13.4. The summed E-state index contributed by atoms with van der Waals surface area (Å²) in [6.07, 6.45) is 2.73. The Hall–Kier alpha value is -2.36. The lowest BCUT2D eigenvalue weighted by Crippen LogP contribution is -2.15. The average Bonchev–Trinajstić information content (AvgIpc) is 3.16. The number of thioether (sulfide) groups is 1. The second kappa shape index (κ2) is 11.7. The predicted octanol–water partition coefficient (Wildman–Crippen LogP) is 3.51. The van der Waals surface area contributed by atoms with E-state index < -0.39 is 0 Å². The summed E-state index contributed by atoms with van der Waals surface area (Å²) in [4.78, 5) is 4.07. The Morgan fingerprint density at radius 2 is 2.00 bits per heavy atom. The first-order chi connectivity index (χ1) is 14.7. The molecule has 0 unspecified atom stereocenters. The molecular formula is C20H25ClN6O2S. The molecule has 0 saturated heterocycles. The lowest BCUT2D eigenvalue weighted by Gasteiger charge is -2.14. The van der Waals surface area contributed by atoms with Crippen LogP contribution in [0.1, 0.15) is 24.5 Å². The molecule has 3 rings (SSSR count). The highest BCUT2D eigenvalue weighted by atomic mass is 35.5. The smallest absolute Gasteiger partial charge is 0.209 e. The molecule has 0 fully saturated rings. The maximum absolute atomic E-state index is 5.92. The fourth-order valence-electron chi connectivity index (χ4n) is 2.64. The normalized spacial score (nSPS) is 10.9. The highest BCUT2D eigenvalue weighted by Gasteiger charge is 2.08. The number of pyridine rings is 1. The zero-order valence-electron chi connectivity index (χ0n) is 17.0. The first kappa shape index (κ1) is 22.3. The summed E-state index contributed by atoms with van der Waals surface area (Å²) in [5, 5.41) is 16.2. The molecule has 2 aromatic heterocycles. The van der Waals surface area contributed by atoms with Gasteiger partial charge >= 0.3 is 0 Å². The van der Waals surface area contributed by atoms with Crippen molar-refractivity contribution in [3.05, 3.63) is 52.8 Å². The van der Waals surface area contributed by atoms with Gasteiger partial charge in [-0.05, 0) is 54.1 Å². The van der Waals surface area contributed by atoms with Crippen LogP contribution in [0.3, 0.4) is 0 Å². The number of ether oxygens (including phenoxy) is 2. The zero-order valence-corrected chi connectivity index (χ0v) is 18.6. The van der Waals surface area contributed by atoms with E-state index in [1.54, 1.807) is 28.7 Å². The highest BCUT2D eigenvalue weighted by molar-refractivity contribution is 7.99. The van der Waals surface area contributed by atoms with Crippen molar-refractivity contribution in [3.63, 3.8) is 0 Å². The lowest BCUT2D eigenvalue weighted by molar-refractivity contribution is 0.269. The van der Waals surface area contributed by atoms with Gasteiger partial charge in [0.2, 0.25) is 5.16 Å². The van der Waals surface area contributed by atoms with E-state index in [2.05, 4.69) is 25.8 Å². The van der Waals surface area contributed by atoms with Crippen LogP contribution < -0.4 is 14.8 Å². The van der Waals surface area contributed by atoms with Crippen molar-refractivity contribution in [3.8, 4) is 11.5 Å². The average molecular weight is 449 g/mol. The number of halogens is 1. The van der Waals surface area contributed by atoms with E-state index in [0.717, 1.165) is 47.3 Å². The van der Waals surface area contributed by atoms with Crippen LogP contribution >= 0.6 is 23.4 Å². The molecule has 0 aliphatic rings. The Balaban J connectivity index is 1.45. The maximum atomic E-state index is 5.92. The summed E-state index contributed by atoms with van der Waals surface area (Å²) in [6, 6.07) is 9.66. The van der Waals surface area contributed by atoms with Gasteiger partial charge in [0.15, 0.2) is 11.5 Å². The summed E-state index contributed by atoms with van der Waals surface area (Å²) in [6.45, 7) is 4.61. The number of aromatic nitrogens is 5. The third kappa shape index (κ3) is 6.86. The SMILES string of the molecule is CCOc1cc(CNCCCSc2nnnn2C)ccc1OCc1ccc(Cl)nc1. The van der Waals surface area contributed by atoms with Crippen molar-refractivity contribution in [2.45, 2.75) is 31.7 Å². The van der Waals surface area contributed by atoms with Crippen LogP contribution in [0, 0.1) is 0 Å². The van der Waals surface area contributed by atoms with Gasteiger partial charge in [0, 0.05) is 31.1 Å². The first-order valence-electron chi connectivity index (χ1n) is 9.70. The van der Waals surface area contributed by atoms with Gasteiger partial charge in [-0.3, -0.25) is 0 Å². The van der Waals surface area contributed by atoms with Crippen molar-refractivity contribution in [1.82, 2.24) is 30.5 Å². The van der Waals surface area contributed by atoms with E-state index in [1.807, 2.05) is 38.2 Å². The van der Waals surface area contributed by atoms with Gasteiger partial charge < -0.3 is 14.8 Å². The molecule has 0 saturated carbocycles. The van der Waals surface area contributed by atoms with E-state index >= 15 is 0 Å². The molecule has 2 heterocycles. The molecule has 0 bridgehead atoms. The second-order valence-electron chi connectivity index (χ2n) is 6.46.